The summed E-state index contributed by atoms with van der Waals surface area (Å²) in [6.07, 6.45) is 0.604. The smallest absolute Gasteiger partial charge is 0.276 e. The number of hydrogen-bond acceptors (Lipinski definition) is 7. The van der Waals surface area contributed by atoms with Crippen LogP contribution in [-0.2, 0) is 9.59 Å². The van der Waals surface area contributed by atoms with Gasteiger partial charge < -0.3 is 14.5 Å². The lowest BCUT2D eigenvalue weighted by Crippen LogP contribution is -2.44. The second kappa shape index (κ2) is 8.84. The zero-order chi connectivity index (χ0) is 19.2. The SMILES string of the molecule is COc1ccc(-c2nnc(SCCC(=O)NC(C)(C)CC(C)=O)o2)cc1. The van der Waals surface area contributed by atoms with E-state index in [0.717, 1.165) is 11.3 Å². The standard InChI is InChI=1S/C18H23N3O4S/c1-12(22)11-18(2,3)19-15(23)9-10-26-17-21-20-16(25-17)13-5-7-14(24-4)8-6-13/h5-8H,9-11H2,1-4H3,(H,19,23). The number of ether oxygens (including phenoxy) is 1. The first kappa shape index (κ1) is 20.0. The number of amides is 1. The number of thioether (sulfide) groups is 1. The van der Waals surface area contributed by atoms with E-state index in [2.05, 4.69) is 15.5 Å². The van der Waals surface area contributed by atoms with E-state index in [1.807, 2.05) is 38.1 Å². The van der Waals surface area contributed by atoms with Crippen molar-refractivity contribution in [3.8, 4) is 17.2 Å². The molecule has 0 unspecified atom stereocenters. The average molecular weight is 377 g/mol. The molecule has 140 valence electrons. The van der Waals surface area contributed by atoms with Crippen molar-refractivity contribution in [2.45, 2.75) is 44.4 Å². The first-order valence-electron chi connectivity index (χ1n) is 8.20. The van der Waals surface area contributed by atoms with Crippen molar-refractivity contribution in [1.29, 1.82) is 0 Å². The summed E-state index contributed by atoms with van der Waals surface area (Å²) in [6.45, 7) is 5.18. The van der Waals surface area contributed by atoms with Crippen molar-refractivity contribution in [1.82, 2.24) is 15.5 Å². The van der Waals surface area contributed by atoms with Crippen LogP contribution in [0.15, 0.2) is 33.9 Å². The van der Waals surface area contributed by atoms with Gasteiger partial charge in [0.2, 0.25) is 11.8 Å². The molecule has 0 aliphatic carbocycles. The molecule has 0 radical (unpaired) electrons. The molecule has 1 amide bonds. The van der Waals surface area contributed by atoms with E-state index < -0.39 is 5.54 Å². The lowest BCUT2D eigenvalue weighted by atomic mass is 9.98. The lowest BCUT2D eigenvalue weighted by molar-refractivity contribution is -0.123. The van der Waals surface area contributed by atoms with Crippen molar-refractivity contribution in [3.63, 3.8) is 0 Å². The fraction of sp³-hybridized carbons (Fsp3) is 0.444. The van der Waals surface area contributed by atoms with Gasteiger partial charge in [-0.25, -0.2) is 0 Å². The molecule has 2 aromatic rings. The van der Waals surface area contributed by atoms with Gasteiger partial charge >= 0.3 is 0 Å². The van der Waals surface area contributed by atoms with Crippen molar-refractivity contribution >= 4 is 23.5 Å². The van der Waals surface area contributed by atoms with Gasteiger partial charge in [0, 0.05) is 29.7 Å². The van der Waals surface area contributed by atoms with Gasteiger partial charge in [0.15, 0.2) is 0 Å². The number of methoxy groups -OCH3 is 1. The molecule has 0 fully saturated rings. The predicted octanol–water partition coefficient (Wildman–Crippen LogP) is 3.10. The van der Waals surface area contributed by atoms with Gasteiger partial charge in [0.25, 0.3) is 5.22 Å². The molecule has 0 aliphatic heterocycles. The Morgan fingerprint density at radius 2 is 1.92 bits per heavy atom. The first-order valence-corrected chi connectivity index (χ1v) is 9.19. The Labute approximate surface area is 156 Å². The maximum atomic E-state index is 12.0. The molecule has 0 bridgehead atoms. The van der Waals surface area contributed by atoms with Crippen LogP contribution < -0.4 is 10.1 Å². The third-order valence-corrected chi connectivity index (χ3v) is 4.29. The van der Waals surface area contributed by atoms with Crippen LogP contribution in [0.5, 0.6) is 5.75 Å². The van der Waals surface area contributed by atoms with Gasteiger partial charge in [0.1, 0.15) is 11.5 Å². The maximum Gasteiger partial charge on any atom is 0.276 e. The van der Waals surface area contributed by atoms with E-state index in [1.165, 1.54) is 18.7 Å². The van der Waals surface area contributed by atoms with Crippen LogP contribution in [0.1, 0.15) is 33.6 Å². The number of benzene rings is 1. The van der Waals surface area contributed by atoms with E-state index in [0.29, 0.717) is 29.7 Å². The molecule has 26 heavy (non-hydrogen) atoms. The summed E-state index contributed by atoms with van der Waals surface area (Å²) in [7, 11) is 1.60. The third kappa shape index (κ3) is 6.18. The minimum absolute atomic E-state index is 0.0431. The van der Waals surface area contributed by atoms with E-state index in [1.54, 1.807) is 7.11 Å². The van der Waals surface area contributed by atoms with Crippen molar-refractivity contribution < 1.29 is 18.7 Å². The Balaban J connectivity index is 1.82. The number of Topliss-reactive ketones (excluding diaryl/α,β-unsaturated/α-hetero) is 1. The zero-order valence-corrected chi connectivity index (χ0v) is 16.2. The largest absolute Gasteiger partial charge is 0.497 e. The van der Waals surface area contributed by atoms with Gasteiger partial charge in [-0.05, 0) is 45.0 Å². The van der Waals surface area contributed by atoms with Gasteiger partial charge in [-0.15, -0.1) is 10.2 Å². The van der Waals surface area contributed by atoms with Crippen LogP contribution in [0.4, 0.5) is 0 Å². The van der Waals surface area contributed by atoms with Crippen LogP contribution in [0.3, 0.4) is 0 Å². The Morgan fingerprint density at radius 1 is 1.23 bits per heavy atom. The van der Waals surface area contributed by atoms with E-state index >= 15 is 0 Å². The zero-order valence-electron chi connectivity index (χ0n) is 15.4. The predicted molar refractivity (Wildman–Crippen MR) is 99.1 cm³/mol. The highest BCUT2D eigenvalue weighted by atomic mass is 32.2. The molecule has 0 aliphatic rings. The number of carbonyl (C=O) groups is 2. The minimum atomic E-state index is -0.542. The number of hydrogen-bond donors (Lipinski definition) is 1. The molecule has 1 aromatic heterocycles. The average Bonchev–Trinajstić information content (AvgIpc) is 3.02. The van der Waals surface area contributed by atoms with Crippen molar-refractivity contribution in [3.05, 3.63) is 24.3 Å². The van der Waals surface area contributed by atoms with Crippen LogP contribution in [-0.4, -0.2) is 40.3 Å². The molecule has 0 spiro atoms. The van der Waals surface area contributed by atoms with Crippen LogP contribution in [0, 0.1) is 0 Å². The summed E-state index contributed by atoms with van der Waals surface area (Å²) in [4.78, 5) is 23.2. The van der Waals surface area contributed by atoms with Gasteiger partial charge in [0.05, 0.1) is 7.11 Å². The molecule has 0 saturated carbocycles. The summed E-state index contributed by atoms with van der Waals surface area (Å²) in [5.41, 5.74) is 0.258. The number of nitrogens with one attached hydrogen (secondary N) is 1. The molecular formula is C18H23N3O4S. The van der Waals surface area contributed by atoms with Gasteiger partial charge in [-0.1, -0.05) is 11.8 Å². The third-order valence-electron chi connectivity index (χ3n) is 3.47. The Kier molecular flexibility index (Phi) is 6.79. The summed E-state index contributed by atoms with van der Waals surface area (Å²) >= 11 is 1.32. The summed E-state index contributed by atoms with van der Waals surface area (Å²) in [6, 6.07) is 7.32. The minimum Gasteiger partial charge on any atom is -0.497 e. The molecule has 0 atom stereocenters. The number of ketones is 1. The topological polar surface area (TPSA) is 94.3 Å². The number of aromatic nitrogens is 2. The number of nitrogens with zero attached hydrogens (tertiary/aromatic N) is 2. The summed E-state index contributed by atoms with van der Waals surface area (Å²) < 4.78 is 10.7. The maximum absolute atomic E-state index is 12.0. The normalized spacial score (nSPS) is 11.2. The molecule has 2 rings (SSSR count). The molecule has 1 N–H and O–H groups in total. The highest BCUT2D eigenvalue weighted by Gasteiger charge is 2.22. The second-order valence-corrected chi connectivity index (χ2v) is 7.56. The number of rotatable bonds is 9. The van der Waals surface area contributed by atoms with Gasteiger partial charge in [-0.3, -0.25) is 9.59 Å². The summed E-state index contributed by atoms with van der Waals surface area (Å²) in [5.74, 6) is 1.61. The Bertz CT molecular complexity index is 756. The summed E-state index contributed by atoms with van der Waals surface area (Å²) in [5, 5.41) is 11.3. The highest BCUT2D eigenvalue weighted by Crippen LogP contribution is 2.25. The Morgan fingerprint density at radius 3 is 2.54 bits per heavy atom. The van der Waals surface area contributed by atoms with E-state index in [-0.39, 0.29) is 11.7 Å². The lowest BCUT2D eigenvalue weighted by Gasteiger charge is -2.24. The van der Waals surface area contributed by atoms with Crippen LogP contribution in [0.2, 0.25) is 0 Å². The van der Waals surface area contributed by atoms with E-state index in [4.69, 9.17) is 9.15 Å². The highest BCUT2D eigenvalue weighted by molar-refractivity contribution is 7.99. The Hall–Kier alpha value is -2.35. The molecule has 1 aromatic carbocycles. The first-order chi connectivity index (χ1) is 12.3. The molecule has 7 nitrogen and oxygen atoms in total. The van der Waals surface area contributed by atoms with E-state index in [9.17, 15) is 9.59 Å². The van der Waals surface area contributed by atoms with Crippen LogP contribution in [0.25, 0.3) is 11.5 Å². The van der Waals surface area contributed by atoms with Crippen molar-refractivity contribution in [2.24, 2.45) is 0 Å². The quantitative estimate of drug-likeness (QED) is 0.671. The van der Waals surface area contributed by atoms with Gasteiger partial charge in [-0.2, -0.15) is 0 Å². The molecule has 0 saturated heterocycles. The number of carbonyl (C=O) groups excluding carboxylic acids is 2. The van der Waals surface area contributed by atoms with Crippen molar-refractivity contribution in [2.75, 3.05) is 12.9 Å². The second-order valence-electron chi connectivity index (χ2n) is 6.51. The van der Waals surface area contributed by atoms with Crippen LogP contribution >= 0.6 is 11.8 Å². The fourth-order valence-corrected chi connectivity index (χ4v) is 3.15. The molecule has 1 heterocycles. The fourth-order valence-electron chi connectivity index (χ4n) is 2.46. The molecule has 8 heteroatoms. The monoisotopic (exact) mass is 377 g/mol. The molecular weight excluding hydrogens is 354 g/mol.